The molecule has 11 heteroatoms. The monoisotopic (exact) mass is 532 g/mol. The normalized spacial score (nSPS) is 12.2. The molecule has 38 heavy (non-hydrogen) atoms. The van der Waals surface area contributed by atoms with Gasteiger partial charge in [-0.05, 0) is 79.3 Å². The molecule has 0 spiro atoms. The number of nitrogens with zero attached hydrogens (tertiary/aromatic N) is 2. The quantitative estimate of drug-likeness (QED) is 0.155. The van der Waals surface area contributed by atoms with Gasteiger partial charge in [-0.2, -0.15) is 10.4 Å². The molecule has 0 aliphatic heterocycles. The molecule has 1 aliphatic rings. The third-order valence-electron chi connectivity index (χ3n) is 5.81. The van der Waals surface area contributed by atoms with Gasteiger partial charge in [0, 0.05) is 4.88 Å². The Morgan fingerprint density at radius 2 is 1.74 bits per heavy atom. The summed E-state index contributed by atoms with van der Waals surface area (Å²) >= 11 is 1.34. The molecule has 194 valence electrons. The summed E-state index contributed by atoms with van der Waals surface area (Å²) in [5.74, 6) is -1.24. The molecule has 0 saturated heterocycles. The van der Waals surface area contributed by atoms with E-state index in [-0.39, 0.29) is 0 Å². The van der Waals surface area contributed by atoms with Crippen LogP contribution in [0.5, 0.6) is 17.2 Å². The number of methoxy groups -OCH3 is 2. The highest BCUT2D eigenvalue weighted by atomic mass is 32.1. The number of fused-ring (bicyclic) bond motifs is 1. The van der Waals surface area contributed by atoms with Gasteiger partial charge in [0.05, 0.1) is 31.6 Å². The predicted octanol–water partition coefficient (Wildman–Crippen LogP) is 3.82. The Kier molecular flexibility index (Phi) is 8.35. The van der Waals surface area contributed by atoms with Crippen LogP contribution in [0.1, 0.15) is 44.8 Å². The standard InChI is InChI=1S/C27H24N4O6S/c1-35-21-12-9-17(13-22(21)36-2)27(34)37-18-10-7-16(8-11-18)15-29-31-25(33)24(32)30-26-20(14-28)19-5-3-4-6-23(19)38-26/h7-13,15H,3-6H2,1-2H3,(H,30,32)(H,31,33)/b29-15+. The van der Waals surface area contributed by atoms with Crippen LogP contribution in [0.15, 0.2) is 47.6 Å². The second-order valence-electron chi connectivity index (χ2n) is 8.21. The molecule has 0 atom stereocenters. The minimum absolute atomic E-state index is 0.291. The third-order valence-corrected chi connectivity index (χ3v) is 7.01. The maximum Gasteiger partial charge on any atom is 0.343 e. The third kappa shape index (κ3) is 5.99. The Hall–Kier alpha value is -4.69. The first-order valence-electron chi connectivity index (χ1n) is 11.7. The van der Waals surface area contributed by atoms with Gasteiger partial charge in [-0.25, -0.2) is 10.2 Å². The summed E-state index contributed by atoms with van der Waals surface area (Å²) < 4.78 is 15.8. The predicted molar refractivity (Wildman–Crippen MR) is 141 cm³/mol. The van der Waals surface area contributed by atoms with Crippen LogP contribution in [-0.2, 0) is 22.4 Å². The summed E-state index contributed by atoms with van der Waals surface area (Å²) in [6, 6.07) is 13.2. The highest BCUT2D eigenvalue weighted by molar-refractivity contribution is 7.16. The number of benzene rings is 2. The van der Waals surface area contributed by atoms with Crippen LogP contribution in [0.25, 0.3) is 0 Å². The Morgan fingerprint density at radius 1 is 1.00 bits per heavy atom. The Balaban J connectivity index is 1.31. The topological polar surface area (TPSA) is 139 Å². The number of esters is 1. The first kappa shape index (κ1) is 26.4. The fraction of sp³-hybridized carbons (Fsp3) is 0.222. The Labute approximate surface area is 222 Å². The molecular formula is C27H24N4O6S. The average Bonchev–Trinajstić information content (AvgIpc) is 3.30. The highest BCUT2D eigenvalue weighted by Crippen LogP contribution is 2.37. The van der Waals surface area contributed by atoms with E-state index < -0.39 is 17.8 Å². The van der Waals surface area contributed by atoms with Crippen molar-refractivity contribution in [1.82, 2.24) is 5.43 Å². The van der Waals surface area contributed by atoms with Gasteiger partial charge in [-0.1, -0.05) is 0 Å². The summed E-state index contributed by atoms with van der Waals surface area (Å²) in [5, 5.41) is 16.2. The number of ether oxygens (including phenoxy) is 3. The molecule has 1 aliphatic carbocycles. The molecule has 0 bridgehead atoms. The van der Waals surface area contributed by atoms with Crippen molar-refractivity contribution in [2.24, 2.45) is 5.10 Å². The van der Waals surface area contributed by atoms with Gasteiger partial charge < -0.3 is 19.5 Å². The van der Waals surface area contributed by atoms with Crippen LogP contribution in [0.4, 0.5) is 5.00 Å². The zero-order valence-corrected chi connectivity index (χ0v) is 21.5. The molecule has 0 fully saturated rings. The maximum absolute atomic E-state index is 12.5. The van der Waals surface area contributed by atoms with E-state index >= 15 is 0 Å². The fourth-order valence-corrected chi connectivity index (χ4v) is 5.13. The minimum Gasteiger partial charge on any atom is -0.493 e. The number of hydrogen-bond donors (Lipinski definition) is 2. The van der Waals surface area contributed by atoms with E-state index in [1.165, 1.54) is 37.8 Å². The number of nitrogens with one attached hydrogen (secondary N) is 2. The van der Waals surface area contributed by atoms with Gasteiger partial charge in [0.25, 0.3) is 0 Å². The summed E-state index contributed by atoms with van der Waals surface area (Å²) in [6.45, 7) is 0. The molecule has 0 unspecified atom stereocenters. The number of carbonyl (C=O) groups is 3. The second-order valence-corrected chi connectivity index (χ2v) is 9.31. The van der Waals surface area contributed by atoms with E-state index in [0.29, 0.717) is 38.9 Å². The lowest BCUT2D eigenvalue weighted by Gasteiger charge is -2.09. The first-order valence-corrected chi connectivity index (χ1v) is 12.5. The number of thiophene rings is 1. The van der Waals surface area contributed by atoms with Crippen LogP contribution < -0.4 is 25.0 Å². The zero-order valence-electron chi connectivity index (χ0n) is 20.7. The van der Waals surface area contributed by atoms with Crippen molar-refractivity contribution in [2.45, 2.75) is 25.7 Å². The van der Waals surface area contributed by atoms with E-state index in [4.69, 9.17) is 14.2 Å². The molecule has 4 rings (SSSR count). The van der Waals surface area contributed by atoms with Crippen molar-refractivity contribution >= 4 is 40.3 Å². The number of amides is 2. The van der Waals surface area contributed by atoms with Gasteiger partial charge >= 0.3 is 17.8 Å². The number of carbonyl (C=O) groups excluding carboxylic acids is 3. The van der Waals surface area contributed by atoms with Crippen LogP contribution >= 0.6 is 11.3 Å². The van der Waals surface area contributed by atoms with Crippen molar-refractivity contribution in [2.75, 3.05) is 19.5 Å². The van der Waals surface area contributed by atoms with Crippen molar-refractivity contribution < 1.29 is 28.6 Å². The molecule has 2 aromatic carbocycles. The highest BCUT2D eigenvalue weighted by Gasteiger charge is 2.23. The number of hydrazone groups is 1. The van der Waals surface area contributed by atoms with E-state index in [1.54, 1.807) is 36.4 Å². The van der Waals surface area contributed by atoms with Gasteiger partial charge in [0.2, 0.25) is 0 Å². The number of anilines is 1. The van der Waals surface area contributed by atoms with Crippen LogP contribution in [0.3, 0.4) is 0 Å². The van der Waals surface area contributed by atoms with Crippen molar-refractivity contribution in [3.8, 4) is 23.3 Å². The minimum atomic E-state index is -0.961. The maximum atomic E-state index is 12.5. The second kappa shape index (κ2) is 12.0. The molecule has 0 saturated carbocycles. The summed E-state index contributed by atoms with van der Waals surface area (Å²) in [5.41, 5.74) is 4.45. The van der Waals surface area contributed by atoms with Gasteiger partial charge in [-0.3, -0.25) is 9.59 Å². The number of nitriles is 1. The zero-order chi connectivity index (χ0) is 27.1. The largest absolute Gasteiger partial charge is 0.493 e. The summed E-state index contributed by atoms with van der Waals surface area (Å²) in [6.07, 6.45) is 5.06. The molecule has 10 nitrogen and oxygen atoms in total. The Morgan fingerprint density at radius 3 is 2.45 bits per heavy atom. The molecule has 2 N–H and O–H groups in total. The van der Waals surface area contributed by atoms with E-state index in [0.717, 1.165) is 36.1 Å². The SMILES string of the molecule is COc1ccc(C(=O)Oc2ccc(/C=N/NC(=O)C(=O)Nc3sc4c(c3C#N)CCCC4)cc2)cc1OC. The number of rotatable bonds is 7. The van der Waals surface area contributed by atoms with Crippen molar-refractivity contribution in [1.29, 1.82) is 5.26 Å². The van der Waals surface area contributed by atoms with Crippen molar-refractivity contribution in [3.63, 3.8) is 0 Å². The molecule has 1 aromatic heterocycles. The molecule has 0 radical (unpaired) electrons. The average molecular weight is 533 g/mol. The van der Waals surface area contributed by atoms with Gasteiger partial charge in [-0.15, -0.1) is 11.3 Å². The van der Waals surface area contributed by atoms with Gasteiger partial charge in [0.15, 0.2) is 11.5 Å². The molecule has 3 aromatic rings. The van der Waals surface area contributed by atoms with Crippen LogP contribution in [-0.4, -0.2) is 38.2 Å². The van der Waals surface area contributed by atoms with E-state index in [1.807, 2.05) is 0 Å². The lowest BCUT2D eigenvalue weighted by molar-refractivity contribution is -0.136. The molecule has 1 heterocycles. The smallest absolute Gasteiger partial charge is 0.343 e. The fourth-order valence-electron chi connectivity index (χ4n) is 3.90. The lowest BCUT2D eigenvalue weighted by Crippen LogP contribution is -2.32. The first-order chi connectivity index (χ1) is 18.4. The summed E-state index contributed by atoms with van der Waals surface area (Å²) in [7, 11) is 2.98. The van der Waals surface area contributed by atoms with E-state index in [2.05, 4.69) is 21.9 Å². The summed E-state index contributed by atoms with van der Waals surface area (Å²) in [4.78, 5) is 38.0. The van der Waals surface area contributed by atoms with Crippen LogP contribution in [0, 0.1) is 11.3 Å². The van der Waals surface area contributed by atoms with Gasteiger partial charge in [0.1, 0.15) is 16.8 Å². The number of hydrogen-bond acceptors (Lipinski definition) is 9. The number of aryl methyl sites for hydroxylation is 1. The lowest BCUT2D eigenvalue weighted by atomic mass is 9.96. The molecule has 2 amide bonds. The van der Waals surface area contributed by atoms with E-state index in [9.17, 15) is 19.6 Å². The Bertz CT molecular complexity index is 1440. The van der Waals surface area contributed by atoms with Crippen molar-refractivity contribution in [3.05, 3.63) is 69.6 Å². The molecular weight excluding hydrogens is 508 g/mol. The van der Waals surface area contributed by atoms with Crippen LogP contribution in [0.2, 0.25) is 0 Å².